The number of hydrogen-bond donors (Lipinski definition) is 1. The van der Waals surface area contributed by atoms with Gasteiger partial charge in [0.25, 0.3) is 5.91 Å². The van der Waals surface area contributed by atoms with Crippen molar-refractivity contribution in [3.05, 3.63) is 82.0 Å². The molecule has 2 fully saturated rings. The molecule has 0 heterocycles. The van der Waals surface area contributed by atoms with Gasteiger partial charge < -0.3 is 5.32 Å². The summed E-state index contributed by atoms with van der Waals surface area (Å²) in [7, 11) is 0. The topological polar surface area (TPSA) is 29.1 Å². The molecule has 1 aromatic rings. The zero-order valence-corrected chi connectivity index (χ0v) is 11.6. The van der Waals surface area contributed by atoms with Crippen LogP contribution in [-0.2, 0) is 10.3 Å². The lowest BCUT2D eigenvalue weighted by molar-refractivity contribution is -0.118. The van der Waals surface area contributed by atoms with Crippen LogP contribution in [0.3, 0.4) is 0 Å². The van der Waals surface area contributed by atoms with Crippen LogP contribution in [0.4, 0.5) is 0 Å². The molecule has 0 unspecified atom stereocenters. The lowest BCUT2D eigenvalue weighted by Gasteiger charge is -2.18. The van der Waals surface area contributed by atoms with Crippen molar-refractivity contribution < 1.29 is 4.79 Å². The van der Waals surface area contributed by atoms with E-state index in [4.69, 9.17) is 0 Å². The number of fused-ring (bicyclic) bond motifs is 2. The summed E-state index contributed by atoms with van der Waals surface area (Å²) < 4.78 is 0. The van der Waals surface area contributed by atoms with Crippen LogP contribution in [0.1, 0.15) is 24.8 Å². The molecule has 0 spiro atoms. The fourth-order valence-corrected chi connectivity index (χ4v) is 3.49. The second kappa shape index (κ2) is 3.64. The maximum atomic E-state index is 12.7. The highest BCUT2D eigenvalue weighted by Crippen LogP contribution is 2.52. The van der Waals surface area contributed by atoms with Crippen LogP contribution < -0.4 is 5.32 Å². The molecule has 21 heavy (non-hydrogen) atoms. The fraction of sp³-hybridized carbons (Fsp3) is 0.211. The molecular formula is C19H15NO. The Kier molecular flexibility index (Phi) is 1.96. The van der Waals surface area contributed by atoms with E-state index in [2.05, 4.69) is 29.6 Å². The predicted molar refractivity (Wildman–Crippen MR) is 81.4 cm³/mol. The number of allylic oxidation sites excluding steroid dienone is 6. The number of rotatable bonds is 3. The SMILES string of the molecule is O=C(NC1(c2ccccc2)CC1)C1=C2C=C3CC3=C2C=C1. The number of carbonyl (C=O) groups is 1. The van der Waals surface area contributed by atoms with E-state index in [1.807, 2.05) is 24.3 Å². The average Bonchev–Trinajstić information content (AvgIpc) is 3.38. The van der Waals surface area contributed by atoms with Crippen molar-refractivity contribution in [1.82, 2.24) is 5.32 Å². The maximum Gasteiger partial charge on any atom is 0.252 e. The van der Waals surface area contributed by atoms with Gasteiger partial charge in [-0.05, 0) is 59.3 Å². The van der Waals surface area contributed by atoms with E-state index in [0.29, 0.717) is 0 Å². The number of nitrogens with one attached hydrogen (secondary N) is 1. The van der Waals surface area contributed by atoms with Crippen molar-refractivity contribution in [3.63, 3.8) is 0 Å². The summed E-state index contributed by atoms with van der Waals surface area (Å²) in [4.78, 5) is 12.7. The Morgan fingerprint density at radius 1 is 1.05 bits per heavy atom. The molecule has 5 rings (SSSR count). The predicted octanol–water partition coefficient (Wildman–Crippen LogP) is 3.30. The molecule has 4 aliphatic carbocycles. The fourth-order valence-electron chi connectivity index (χ4n) is 3.49. The summed E-state index contributed by atoms with van der Waals surface area (Å²) in [5, 5.41) is 3.27. The molecule has 2 nitrogen and oxygen atoms in total. The highest BCUT2D eigenvalue weighted by molar-refractivity contribution is 6.02. The van der Waals surface area contributed by atoms with Crippen LogP contribution in [0.5, 0.6) is 0 Å². The highest BCUT2D eigenvalue weighted by Gasteiger charge is 2.46. The molecule has 1 amide bonds. The normalized spacial score (nSPS) is 23.0. The van der Waals surface area contributed by atoms with E-state index < -0.39 is 0 Å². The molecule has 0 aromatic heterocycles. The second-order valence-corrected chi connectivity index (χ2v) is 6.30. The molecule has 102 valence electrons. The van der Waals surface area contributed by atoms with E-state index >= 15 is 0 Å². The molecule has 2 heteroatoms. The van der Waals surface area contributed by atoms with Crippen molar-refractivity contribution >= 4 is 5.91 Å². The minimum absolute atomic E-state index is 0.0661. The smallest absolute Gasteiger partial charge is 0.252 e. The van der Waals surface area contributed by atoms with Gasteiger partial charge in [-0.1, -0.05) is 36.4 Å². The lowest BCUT2D eigenvalue weighted by Crippen LogP contribution is -2.35. The largest absolute Gasteiger partial charge is 0.343 e. The summed E-state index contributed by atoms with van der Waals surface area (Å²) in [5.74, 6) is 0.0661. The minimum Gasteiger partial charge on any atom is -0.343 e. The first-order valence-corrected chi connectivity index (χ1v) is 7.52. The van der Waals surface area contributed by atoms with Gasteiger partial charge in [0.05, 0.1) is 5.54 Å². The zero-order chi connectivity index (χ0) is 14.0. The van der Waals surface area contributed by atoms with Gasteiger partial charge in [-0.15, -0.1) is 0 Å². The van der Waals surface area contributed by atoms with Gasteiger partial charge in [0, 0.05) is 5.57 Å². The summed E-state index contributed by atoms with van der Waals surface area (Å²) in [6.07, 6.45) is 9.43. The van der Waals surface area contributed by atoms with Crippen LogP contribution in [-0.4, -0.2) is 5.91 Å². The van der Waals surface area contributed by atoms with E-state index in [1.165, 1.54) is 22.3 Å². The maximum absolute atomic E-state index is 12.7. The Morgan fingerprint density at radius 2 is 1.86 bits per heavy atom. The quantitative estimate of drug-likeness (QED) is 0.899. The van der Waals surface area contributed by atoms with Crippen LogP contribution in [0.15, 0.2) is 76.4 Å². The monoisotopic (exact) mass is 273 g/mol. The molecule has 0 aliphatic heterocycles. The third-order valence-corrected chi connectivity index (χ3v) is 4.94. The average molecular weight is 273 g/mol. The third kappa shape index (κ3) is 1.56. The summed E-state index contributed by atoms with van der Waals surface area (Å²) in [5.41, 5.74) is 7.18. The lowest BCUT2D eigenvalue weighted by atomic mass is 10.0. The summed E-state index contributed by atoms with van der Waals surface area (Å²) >= 11 is 0. The summed E-state index contributed by atoms with van der Waals surface area (Å²) in [6, 6.07) is 10.3. The minimum atomic E-state index is -0.135. The van der Waals surface area contributed by atoms with Crippen LogP contribution in [0.25, 0.3) is 0 Å². The first kappa shape index (κ1) is 11.3. The van der Waals surface area contributed by atoms with Gasteiger partial charge in [0.1, 0.15) is 0 Å². The Bertz CT molecular complexity index is 801. The molecule has 0 atom stereocenters. The Hall–Kier alpha value is -2.35. The standard InChI is InChI=1S/C19H15NO/c21-18(15-7-6-14-16-10-12(16)11-17(14)15)20-19(8-9-19)13-4-2-1-3-5-13/h1-7,11H,8-10H2,(H,20,21). The molecular weight excluding hydrogens is 258 g/mol. The molecule has 1 aromatic carbocycles. The van der Waals surface area contributed by atoms with Gasteiger partial charge in [-0.2, -0.15) is 0 Å². The Balaban J connectivity index is 1.45. The third-order valence-electron chi connectivity index (χ3n) is 4.94. The van der Waals surface area contributed by atoms with Crippen LogP contribution in [0.2, 0.25) is 0 Å². The van der Waals surface area contributed by atoms with Crippen molar-refractivity contribution in [3.8, 4) is 0 Å². The van der Waals surface area contributed by atoms with E-state index in [-0.39, 0.29) is 11.4 Å². The molecule has 2 saturated carbocycles. The highest BCUT2D eigenvalue weighted by atomic mass is 16.1. The molecule has 0 radical (unpaired) electrons. The van der Waals surface area contributed by atoms with Gasteiger partial charge in [0.2, 0.25) is 0 Å². The van der Waals surface area contributed by atoms with Gasteiger partial charge in [-0.3, -0.25) is 4.79 Å². The van der Waals surface area contributed by atoms with E-state index in [1.54, 1.807) is 0 Å². The summed E-state index contributed by atoms with van der Waals surface area (Å²) in [6.45, 7) is 0. The van der Waals surface area contributed by atoms with Gasteiger partial charge >= 0.3 is 0 Å². The molecule has 0 saturated heterocycles. The van der Waals surface area contributed by atoms with Crippen LogP contribution in [0, 0.1) is 0 Å². The number of amides is 1. The zero-order valence-electron chi connectivity index (χ0n) is 11.6. The van der Waals surface area contributed by atoms with Gasteiger partial charge in [-0.25, -0.2) is 0 Å². The van der Waals surface area contributed by atoms with E-state index in [0.717, 1.165) is 30.4 Å². The van der Waals surface area contributed by atoms with E-state index in [9.17, 15) is 4.79 Å². The first-order valence-electron chi connectivity index (χ1n) is 7.52. The van der Waals surface area contributed by atoms with Crippen molar-refractivity contribution in [2.45, 2.75) is 24.8 Å². The molecule has 1 N–H and O–H groups in total. The Labute approximate surface area is 123 Å². The van der Waals surface area contributed by atoms with Crippen molar-refractivity contribution in [2.75, 3.05) is 0 Å². The molecule has 4 aliphatic rings. The van der Waals surface area contributed by atoms with Crippen molar-refractivity contribution in [1.29, 1.82) is 0 Å². The van der Waals surface area contributed by atoms with Crippen molar-refractivity contribution in [2.24, 2.45) is 0 Å². The number of carbonyl (C=O) groups excluding carboxylic acids is 1. The number of benzene rings is 1. The first-order chi connectivity index (χ1) is 10.3. The van der Waals surface area contributed by atoms with Gasteiger partial charge in [0.15, 0.2) is 0 Å². The Morgan fingerprint density at radius 3 is 2.62 bits per heavy atom. The van der Waals surface area contributed by atoms with Crippen LogP contribution >= 0.6 is 0 Å². The number of hydrogen-bond acceptors (Lipinski definition) is 1. The second-order valence-electron chi connectivity index (χ2n) is 6.30. The molecule has 0 bridgehead atoms.